The number of aliphatic hydroxyl groups excluding tert-OH is 3. The van der Waals surface area contributed by atoms with Gasteiger partial charge in [-0.3, -0.25) is 18.2 Å². The summed E-state index contributed by atoms with van der Waals surface area (Å²) in [6, 6.07) is 0. The summed E-state index contributed by atoms with van der Waals surface area (Å²) < 4.78 is 63.2. The van der Waals surface area contributed by atoms with Crippen molar-refractivity contribution >= 4 is 20.8 Å². The van der Waals surface area contributed by atoms with Gasteiger partial charge in [-0.25, -0.2) is 0 Å². The van der Waals surface area contributed by atoms with Crippen LogP contribution in [0.25, 0.3) is 0 Å². The molecule has 0 saturated heterocycles. The Morgan fingerprint density at radius 1 is 0.579 bits per heavy atom. The molecule has 0 aliphatic rings. The highest BCUT2D eigenvalue weighted by Crippen LogP contribution is 1.59. The Hall–Kier alpha value is -0.380. The van der Waals surface area contributed by atoms with Gasteiger partial charge in [-0.05, 0) is 20.8 Å². The topological polar surface area (TPSA) is 210 Å². The molecular weight excluding hydrogens is 312 g/mol. The van der Waals surface area contributed by atoms with Crippen molar-refractivity contribution in [3.63, 3.8) is 0 Å². The molecule has 0 aromatic rings. The molecule has 0 spiro atoms. The minimum atomic E-state index is -4.67. The summed E-state index contributed by atoms with van der Waals surface area (Å²) in [6.07, 6.45) is 0. The smallest absolute Gasteiger partial charge is 0.394 e. The van der Waals surface area contributed by atoms with Crippen molar-refractivity contribution in [1.82, 2.24) is 0 Å². The first kappa shape index (κ1) is 31.2. The van der Waals surface area contributed by atoms with Gasteiger partial charge in [0.25, 0.3) is 0 Å². The molecule has 0 fully saturated rings. The van der Waals surface area contributed by atoms with Crippen molar-refractivity contribution in [2.75, 3.05) is 19.8 Å². The first-order valence-corrected chi connectivity index (χ1v) is 7.26. The van der Waals surface area contributed by atoms with E-state index in [1.807, 2.05) is 0 Å². The van der Waals surface area contributed by atoms with E-state index in [1.165, 1.54) is 0 Å². The quantitative estimate of drug-likeness (QED) is 0.258. The van der Waals surface area contributed by atoms with Crippen molar-refractivity contribution in [2.45, 2.75) is 20.8 Å². The van der Waals surface area contributed by atoms with Crippen LogP contribution in [0, 0.1) is 0 Å². The van der Waals surface area contributed by atoms with Gasteiger partial charge < -0.3 is 15.3 Å². The summed E-state index contributed by atoms with van der Waals surface area (Å²) in [6.45, 7) is 5.79. The molecule has 0 heterocycles. The zero-order chi connectivity index (χ0) is 17.1. The lowest BCUT2D eigenvalue weighted by molar-refractivity contribution is 0.318. The van der Waals surface area contributed by atoms with Crippen molar-refractivity contribution < 1.29 is 50.4 Å². The lowest BCUT2D eigenvalue weighted by Crippen LogP contribution is -1.89. The number of rotatable bonds is 0. The Morgan fingerprint density at radius 2 is 0.579 bits per heavy atom. The summed E-state index contributed by atoms with van der Waals surface area (Å²) >= 11 is 0. The van der Waals surface area contributed by atoms with Crippen LogP contribution in [0.5, 0.6) is 0 Å². The second-order valence-corrected chi connectivity index (χ2v) is 3.64. The number of aliphatic hydroxyl groups is 3. The summed E-state index contributed by atoms with van der Waals surface area (Å²) in [4.78, 5) is 0. The highest BCUT2D eigenvalue weighted by Gasteiger charge is 1.85. The first-order valence-electron chi connectivity index (χ1n) is 4.47. The van der Waals surface area contributed by atoms with Crippen LogP contribution in [-0.2, 0) is 20.8 Å². The molecule has 7 N–H and O–H groups in total. The number of hydrogen-bond donors (Lipinski definition) is 7. The molecule has 11 nitrogen and oxygen atoms in total. The molecule has 0 unspecified atom stereocenters. The fraction of sp³-hybridized carbons (Fsp3) is 1.00. The molecule has 0 aromatic heterocycles. The van der Waals surface area contributed by atoms with E-state index in [-0.39, 0.29) is 19.8 Å². The zero-order valence-electron chi connectivity index (χ0n) is 10.7. The Labute approximate surface area is 112 Å². The molecule has 0 aliphatic carbocycles. The van der Waals surface area contributed by atoms with Gasteiger partial charge in [-0.1, -0.05) is 0 Å². The Kier molecular flexibility index (Phi) is 37.3. The Balaban J connectivity index is -0.0000000442. The first-order chi connectivity index (χ1) is 8.24. The van der Waals surface area contributed by atoms with Crippen molar-refractivity contribution in [3.05, 3.63) is 0 Å². The lowest BCUT2D eigenvalue weighted by Gasteiger charge is -1.68. The molecule has 0 amide bonds. The van der Waals surface area contributed by atoms with Crippen LogP contribution in [0.2, 0.25) is 0 Å². The number of hydrogen-bond acceptors (Lipinski definition) is 7. The third-order valence-corrected chi connectivity index (χ3v) is 0. The Morgan fingerprint density at radius 3 is 0.579 bits per heavy atom. The molecule has 0 bridgehead atoms. The molecular formula is C6H22O11S2. The zero-order valence-corrected chi connectivity index (χ0v) is 12.3. The SMILES string of the molecule is CCO.CCO.CCO.O=S(=O)(O)O.O=S(=O)(O)O. The van der Waals surface area contributed by atoms with E-state index >= 15 is 0 Å². The van der Waals surface area contributed by atoms with Crippen LogP contribution in [0.3, 0.4) is 0 Å². The summed E-state index contributed by atoms with van der Waals surface area (Å²) in [5.74, 6) is 0. The standard InChI is InChI=1S/3C2H6O.2H2O4S/c3*1-2-3;2*1-5(2,3)4/h3*3H,2H2,1H3;2*(H2,1,2,3,4). The fourth-order valence-corrected chi connectivity index (χ4v) is 0. The maximum atomic E-state index is 8.74. The average molecular weight is 334 g/mol. The summed E-state index contributed by atoms with van der Waals surface area (Å²) in [7, 11) is -9.33. The van der Waals surface area contributed by atoms with Gasteiger partial charge in [-0.2, -0.15) is 16.8 Å². The van der Waals surface area contributed by atoms with Gasteiger partial charge in [0.05, 0.1) is 0 Å². The van der Waals surface area contributed by atoms with Crippen LogP contribution in [0.1, 0.15) is 20.8 Å². The van der Waals surface area contributed by atoms with Crippen molar-refractivity contribution in [1.29, 1.82) is 0 Å². The Bertz CT molecular complexity index is 255. The molecule has 19 heavy (non-hydrogen) atoms. The maximum Gasteiger partial charge on any atom is 0.394 e. The molecule has 0 aromatic carbocycles. The monoisotopic (exact) mass is 334 g/mol. The van der Waals surface area contributed by atoms with Gasteiger partial charge >= 0.3 is 20.8 Å². The molecule has 0 rings (SSSR count). The summed E-state index contributed by atoms with van der Waals surface area (Å²) in [5, 5.41) is 22.7. The van der Waals surface area contributed by atoms with Gasteiger partial charge in [-0.15, -0.1) is 0 Å². The molecule has 0 atom stereocenters. The van der Waals surface area contributed by atoms with E-state index in [9.17, 15) is 0 Å². The van der Waals surface area contributed by atoms with E-state index < -0.39 is 20.8 Å². The van der Waals surface area contributed by atoms with Crippen LogP contribution >= 0.6 is 0 Å². The van der Waals surface area contributed by atoms with Crippen LogP contribution in [0.15, 0.2) is 0 Å². The van der Waals surface area contributed by atoms with Crippen LogP contribution in [-0.4, -0.2) is 70.2 Å². The van der Waals surface area contributed by atoms with Gasteiger partial charge in [0, 0.05) is 19.8 Å². The molecule has 0 saturated carbocycles. The van der Waals surface area contributed by atoms with Crippen LogP contribution < -0.4 is 0 Å². The highest BCUT2D eigenvalue weighted by molar-refractivity contribution is 7.80. The fourth-order valence-electron chi connectivity index (χ4n) is 0. The van der Waals surface area contributed by atoms with E-state index in [2.05, 4.69) is 0 Å². The van der Waals surface area contributed by atoms with Gasteiger partial charge in [0.1, 0.15) is 0 Å². The average Bonchev–Trinajstić information content (AvgIpc) is 1.99. The molecule has 0 radical (unpaired) electrons. The molecule has 13 heteroatoms. The second kappa shape index (κ2) is 22.8. The maximum absolute atomic E-state index is 8.74. The highest BCUT2D eigenvalue weighted by atomic mass is 32.3. The molecule has 0 aliphatic heterocycles. The predicted octanol–water partition coefficient (Wildman–Crippen LogP) is -1.31. The van der Waals surface area contributed by atoms with Gasteiger partial charge in [0.15, 0.2) is 0 Å². The lowest BCUT2D eigenvalue weighted by atomic mass is 10.9. The second-order valence-electron chi connectivity index (χ2n) is 1.84. The van der Waals surface area contributed by atoms with E-state index in [4.69, 9.17) is 50.4 Å². The van der Waals surface area contributed by atoms with E-state index in [1.54, 1.807) is 20.8 Å². The third-order valence-electron chi connectivity index (χ3n) is 0. The van der Waals surface area contributed by atoms with E-state index in [0.717, 1.165) is 0 Å². The van der Waals surface area contributed by atoms with Crippen molar-refractivity contribution in [3.8, 4) is 0 Å². The normalized spacial score (nSPS) is 8.95. The summed E-state index contributed by atoms with van der Waals surface area (Å²) in [5.41, 5.74) is 0. The third kappa shape index (κ3) is 29800. The van der Waals surface area contributed by atoms with Crippen LogP contribution in [0.4, 0.5) is 0 Å². The van der Waals surface area contributed by atoms with Gasteiger partial charge in [0.2, 0.25) is 0 Å². The predicted molar refractivity (Wildman–Crippen MR) is 66.6 cm³/mol. The van der Waals surface area contributed by atoms with E-state index in [0.29, 0.717) is 0 Å². The largest absolute Gasteiger partial charge is 0.397 e. The molecule has 124 valence electrons. The van der Waals surface area contributed by atoms with Crippen molar-refractivity contribution in [2.24, 2.45) is 0 Å². The minimum absolute atomic E-state index is 0.250. The minimum Gasteiger partial charge on any atom is -0.397 e.